The van der Waals surface area contributed by atoms with E-state index in [1.54, 1.807) is 0 Å². The Bertz CT molecular complexity index is 221. The summed E-state index contributed by atoms with van der Waals surface area (Å²) in [6, 6.07) is -0.167. The quantitative estimate of drug-likeness (QED) is 0.625. The van der Waals surface area contributed by atoms with Crippen molar-refractivity contribution in [1.82, 2.24) is 10.6 Å². The second-order valence-corrected chi connectivity index (χ2v) is 4.68. The van der Waals surface area contributed by atoms with Gasteiger partial charge in [0.1, 0.15) is 0 Å². The lowest BCUT2D eigenvalue weighted by molar-refractivity contribution is -0.122. The van der Waals surface area contributed by atoms with Crippen LogP contribution in [0.25, 0.3) is 0 Å². The third kappa shape index (κ3) is 4.10. The number of carbonyl (C=O) groups excluding carboxylic acids is 1. The molecular weight excluding hydrogens is 204 g/mol. The molecule has 0 aromatic carbocycles. The Balaban J connectivity index is 2.18. The van der Waals surface area contributed by atoms with Crippen molar-refractivity contribution in [2.45, 2.75) is 51.7 Å². The van der Waals surface area contributed by atoms with Gasteiger partial charge in [0.2, 0.25) is 5.91 Å². The summed E-state index contributed by atoms with van der Waals surface area (Å²) < 4.78 is 0. The van der Waals surface area contributed by atoms with Gasteiger partial charge in [-0.1, -0.05) is 13.3 Å². The largest absolute Gasteiger partial charge is 0.393 e. The minimum Gasteiger partial charge on any atom is -0.393 e. The number of amides is 1. The predicted molar refractivity (Wildman–Crippen MR) is 64.1 cm³/mol. The molecule has 16 heavy (non-hydrogen) atoms. The lowest BCUT2D eigenvalue weighted by Crippen LogP contribution is -2.44. The lowest BCUT2D eigenvalue weighted by Gasteiger charge is -2.19. The number of aliphatic hydroxyl groups is 1. The van der Waals surface area contributed by atoms with Gasteiger partial charge in [0.15, 0.2) is 0 Å². The fourth-order valence-electron chi connectivity index (χ4n) is 2.08. The van der Waals surface area contributed by atoms with E-state index in [1.807, 2.05) is 13.8 Å². The zero-order valence-electron chi connectivity index (χ0n) is 10.3. The van der Waals surface area contributed by atoms with Gasteiger partial charge in [0, 0.05) is 13.1 Å². The number of rotatable bonds is 6. The molecule has 4 nitrogen and oxygen atoms in total. The minimum atomic E-state index is -0.182. The maximum Gasteiger partial charge on any atom is 0.236 e. The van der Waals surface area contributed by atoms with Crippen molar-refractivity contribution in [1.29, 1.82) is 0 Å². The lowest BCUT2D eigenvalue weighted by atomic mass is 10.1. The van der Waals surface area contributed by atoms with Crippen LogP contribution in [0.3, 0.4) is 0 Å². The highest BCUT2D eigenvalue weighted by Crippen LogP contribution is 2.24. The molecule has 94 valence electrons. The second-order valence-electron chi connectivity index (χ2n) is 4.68. The average molecular weight is 228 g/mol. The number of hydrogen-bond donors (Lipinski definition) is 3. The van der Waals surface area contributed by atoms with Crippen molar-refractivity contribution >= 4 is 5.91 Å². The third-order valence-corrected chi connectivity index (χ3v) is 3.25. The monoisotopic (exact) mass is 228 g/mol. The molecule has 1 fully saturated rings. The molecule has 1 amide bonds. The van der Waals surface area contributed by atoms with Crippen LogP contribution in [-0.2, 0) is 4.79 Å². The van der Waals surface area contributed by atoms with E-state index in [0.29, 0.717) is 5.92 Å². The van der Waals surface area contributed by atoms with E-state index in [2.05, 4.69) is 10.6 Å². The van der Waals surface area contributed by atoms with E-state index in [4.69, 9.17) is 0 Å². The van der Waals surface area contributed by atoms with Gasteiger partial charge in [-0.25, -0.2) is 0 Å². The van der Waals surface area contributed by atoms with Crippen molar-refractivity contribution in [2.75, 3.05) is 13.1 Å². The zero-order valence-corrected chi connectivity index (χ0v) is 10.3. The van der Waals surface area contributed by atoms with E-state index >= 15 is 0 Å². The SMILES string of the molecule is CCCNC(=O)C(C)NCC1CCCC1O. The molecule has 0 spiro atoms. The number of aliphatic hydroxyl groups excluding tert-OH is 1. The van der Waals surface area contributed by atoms with E-state index in [0.717, 1.165) is 38.8 Å². The molecule has 1 rings (SSSR count). The van der Waals surface area contributed by atoms with Crippen molar-refractivity contribution in [3.63, 3.8) is 0 Å². The minimum absolute atomic E-state index is 0.0503. The molecule has 1 aliphatic carbocycles. The number of carbonyl (C=O) groups is 1. The molecule has 0 radical (unpaired) electrons. The summed E-state index contributed by atoms with van der Waals surface area (Å²) in [6.07, 6.45) is 3.85. The molecule has 4 heteroatoms. The molecule has 1 aliphatic rings. The highest BCUT2D eigenvalue weighted by molar-refractivity contribution is 5.81. The smallest absolute Gasteiger partial charge is 0.236 e. The van der Waals surface area contributed by atoms with Crippen LogP contribution in [-0.4, -0.2) is 36.2 Å². The first-order chi connectivity index (χ1) is 7.65. The number of hydrogen-bond acceptors (Lipinski definition) is 3. The zero-order chi connectivity index (χ0) is 12.0. The molecular formula is C12H24N2O2. The Hall–Kier alpha value is -0.610. The molecule has 3 N–H and O–H groups in total. The standard InChI is InChI=1S/C12H24N2O2/c1-3-7-13-12(16)9(2)14-8-10-5-4-6-11(10)15/h9-11,14-15H,3-8H2,1-2H3,(H,13,16). The highest BCUT2D eigenvalue weighted by atomic mass is 16.3. The summed E-state index contributed by atoms with van der Waals surface area (Å²) in [5.41, 5.74) is 0. The van der Waals surface area contributed by atoms with Gasteiger partial charge in [0.25, 0.3) is 0 Å². The van der Waals surface area contributed by atoms with E-state index < -0.39 is 0 Å². The Morgan fingerprint density at radius 2 is 2.25 bits per heavy atom. The van der Waals surface area contributed by atoms with E-state index in [9.17, 15) is 9.90 Å². The fourth-order valence-corrected chi connectivity index (χ4v) is 2.08. The Labute approximate surface area is 97.8 Å². The number of nitrogens with one attached hydrogen (secondary N) is 2. The van der Waals surface area contributed by atoms with Crippen LogP contribution in [0.2, 0.25) is 0 Å². The van der Waals surface area contributed by atoms with Crippen LogP contribution in [0.15, 0.2) is 0 Å². The molecule has 3 unspecified atom stereocenters. The van der Waals surface area contributed by atoms with Gasteiger partial charge >= 0.3 is 0 Å². The summed E-state index contributed by atoms with van der Waals surface area (Å²) in [4.78, 5) is 11.6. The normalized spacial score (nSPS) is 26.7. The molecule has 0 aromatic rings. The van der Waals surface area contributed by atoms with Crippen molar-refractivity contribution < 1.29 is 9.90 Å². The van der Waals surface area contributed by atoms with Crippen molar-refractivity contribution in [3.8, 4) is 0 Å². The first-order valence-electron chi connectivity index (χ1n) is 6.34. The van der Waals surface area contributed by atoms with E-state index in [1.165, 1.54) is 0 Å². The summed E-state index contributed by atoms with van der Waals surface area (Å²) in [7, 11) is 0. The van der Waals surface area contributed by atoms with Crippen LogP contribution < -0.4 is 10.6 Å². The second kappa shape index (κ2) is 6.86. The van der Waals surface area contributed by atoms with Gasteiger partial charge in [-0.05, 0) is 32.1 Å². The maximum atomic E-state index is 11.6. The Kier molecular flexibility index (Phi) is 5.77. The molecule has 0 bridgehead atoms. The Morgan fingerprint density at radius 3 is 2.81 bits per heavy atom. The molecule has 1 saturated carbocycles. The average Bonchev–Trinajstić information content (AvgIpc) is 2.68. The van der Waals surface area contributed by atoms with Gasteiger partial charge < -0.3 is 15.7 Å². The summed E-state index contributed by atoms with van der Waals surface area (Å²) in [5, 5.41) is 15.7. The third-order valence-electron chi connectivity index (χ3n) is 3.25. The molecule has 0 saturated heterocycles. The van der Waals surface area contributed by atoms with Crippen LogP contribution in [0.1, 0.15) is 39.5 Å². The van der Waals surface area contributed by atoms with Crippen molar-refractivity contribution in [2.24, 2.45) is 5.92 Å². The van der Waals surface area contributed by atoms with Crippen LogP contribution in [0.5, 0.6) is 0 Å². The molecule has 0 aromatic heterocycles. The van der Waals surface area contributed by atoms with Crippen LogP contribution in [0.4, 0.5) is 0 Å². The summed E-state index contributed by atoms with van der Waals surface area (Å²) in [5.74, 6) is 0.371. The van der Waals surface area contributed by atoms with Crippen LogP contribution in [0, 0.1) is 5.92 Å². The molecule has 0 aliphatic heterocycles. The van der Waals surface area contributed by atoms with Crippen molar-refractivity contribution in [3.05, 3.63) is 0 Å². The van der Waals surface area contributed by atoms with Gasteiger partial charge in [0.05, 0.1) is 12.1 Å². The van der Waals surface area contributed by atoms with Gasteiger partial charge in [-0.3, -0.25) is 4.79 Å². The Morgan fingerprint density at radius 1 is 1.50 bits per heavy atom. The van der Waals surface area contributed by atoms with E-state index in [-0.39, 0.29) is 18.1 Å². The first-order valence-corrected chi connectivity index (χ1v) is 6.34. The van der Waals surface area contributed by atoms with Gasteiger partial charge in [-0.2, -0.15) is 0 Å². The fraction of sp³-hybridized carbons (Fsp3) is 0.917. The summed E-state index contributed by atoms with van der Waals surface area (Å²) >= 11 is 0. The molecule has 0 heterocycles. The topological polar surface area (TPSA) is 61.4 Å². The summed E-state index contributed by atoms with van der Waals surface area (Å²) in [6.45, 7) is 5.37. The maximum absolute atomic E-state index is 11.6. The van der Waals surface area contributed by atoms with Gasteiger partial charge in [-0.15, -0.1) is 0 Å². The molecule has 3 atom stereocenters. The highest BCUT2D eigenvalue weighted by Gasteiger charge is 2.25. The first kappa shape index (κ1) is 13.5. The van der Waals surface area contributed by atoms with Crippen LogP contribution >= 0.6 is 0 Å². The predicted octanol–water partition coefficient (Wildman–Crippen LogP) is 0.652.